The van der Waals surface area contributed by atoms with Gasteiger partial charge in [-0.15, -0.1) is 0 Å². The van der Waals surface area contributed by atoms with Crippen LogP contribution in [-0.4, -0.2) is 35.7 Å². The molecule has 0 spiro atoms. The number of nitrogens with zero attached hydrogens (tertiary/aromatic N) is 1. The number of aromatic hydroxyl groups is 1. The van der Waals surface area contributed by atoms with E-state index in [0.717, 1.165) is 24.8 Å². The van der Waals surface area contributed by atoms with Gasteiger partial charge in [-0.3, -0.25) is 0 Å². The minimum absolute atomic E-state index is 0.0112. The van der Waals surface area contributed by atoms with Gasteiger partial charge in [0.2, 0.25) is 0 Å². The van der Waals surface area contributed by atoms with Gasteiger partial charge in [0.05, 0.1) is 0 Å². The molecule has 0 heterocycles. The number of amides is 2. The van der Waals surface area contributed by atoms with Crippen LogP contribution in [0.1, 0.15) is 37.7 Å². The van der Waals surface area contributed by atoms with Crippen molar-refractivity contribution in [1.82, 2.24) is 10.2 Å². The smallest absolute Gasteiger partial charge is 0.317 e. The molecule has 1 aromatic carbocycles. The summed E-state index contributed by atoms with van der Waals surface area (Å²) in [4.78, 5) is 13.9. The highest BCUT2D eigenvalue weighted by Crippen LogP contribution is 2.21. The molecule has 0 atom stereocenters. The number of nitrogens with one attached hydrogen (secondary N) is 1. The van der Waals surface area contributed by atoms with Crippen LogP contribution < -0.4 is 5.32 Å². The standard InChI is InChI=1S/C16H24N2O2/c1-18(14-7-3-2-4-8-14)16(20)17-11-10-13-6-5-9-15(19)12-13/h5-6,9,12,14,19H,2-4,7-8,10-11H2,1H3,(H,17,20). The molecule has 0 saturated heterocycles. The second-order valence-corrected chi connectivity index (χ2v) is 5.55. The number of rotatable bonds is 4. The molecule has 2 N–H and O–H groups in total. The number of phenolic OH excluding ortho intramolecular Hbond substituents is 1. The predicted octanol–water partition coefficient (Wildman–Crippen LogP) is 2.91. The van der Waals surface area contributed by atoms with Crippen LogP contribution in [0.3, 0.4) is 0 Å². The minimum Gasteiger partial charge on any atom is -0.508 e. The van der Waals surface area contributed by atoms with Gasteiger partial charge in [0.25, 0.3) is 0 Å². The molecule has 1 aliphatic carbocycles. The predicted molar refractivity (Wildman–Crippen MR) is 79.8 cm³/mol. The molecule has 110 valence electrons. The lowest BCUT2D eigenvalue weighted by Gasteiger charge is -2.31. The summed E-state index contributed by atoms with van der Waals surface area (Å²) < 4.78 is 0. The monoisotopic (exact) mass is 276 g/mol. The van der Waals surface area contributed by atoms with Crippen LogP contribution in [0.2, 0.25) is 0 Å². The summed E-state index contributed by atoms with van der Waals surface area (Å²) in [5, 5.41) is 12.3. The Kier molecular flexibility index (Phi) is 5.27. The zero-order chi connectivity index (χ0) is 14.4. The fourth-order valence-electron chi connectivity index (χ4n) is 2.78. The highest BCUT2D eigenvalue weighted by atomic mass is 16.3. The molecule has 1 aromatic rings. The largest absolute Gasteiger partial charge is 0.508 e. The molecule has 1 saturated carbocycles. The van der Waals surface area contributed by atoms with Crippen molar-refractivity contribution in [3.8, 4) is 5.75 Å². The Bertz CT molecular complexity index is 442. The van der Waals surface area contributed by atoms with Gasteiger partial charge in [0.1, 0.15) is 5.75 Å². The zero-order valence-electron chi connectivity index (χ0n) is 12.1. The Morgan fingerprint density at radius 1 is 1.35 bits per heavy atom. The third-order valence-electron chi connectivity index (χ3n) is 4.04. The Morgan fingerprint density at radius 2 is 2.10 bits per heavy atom. The summed E-state index contributed by atoms with van der Waals surface area (Å²) in [7, 11) is 1.89. The van der Waals surface area contributed by atoms with E-state index in [-0.39, 0.29) is 11.8 Å². The van der Waals surface area contributed by atoms with Crippen molar-refractivity contribution < 1.29 is 9.90 Å². The molecule has 0 aliphatic heterocycles. The van der Waals surface area contributed by atoms with Gasteiger partial charge >= 0.3 is 6.03 Å². The highest BCUT2D eigenvalue weighted by Gasteiger charge is 2.21. The fourth-order valence-corrected chi connectivity index (χ4v) is 2.78. The maximum absolute atomic E-state index is 12.1. The van der Waals surface area contributed by atoms with E-state index < -0.39 is 0 Å². The summed E-state index contributed by atoms with van der Waals surface area (Å²) in [5.74, 6) is 0.271. The number of carbonyl (C=O) groups excluding carboxylic acids is 1. The van der Waals surface area contributed by atoms with Crippen LogP contribution in [0.25, 0.3) is 0 Å². The van der Waals surface area contributed by atoms with Gasteiger partial charge < -0.3 is 15.3 Å². The van der Waals surface area contributed by atoms with Gasteiger partial charge in [-0.1, -0.05) is 31.4 Å². The molecule has 0 unspecified atom stereocenters. The number of phenols is 1. The van der Waals surface area contributed by atoms with E-state index in [0.29, 0.717) is 12.6 Å². The van der Waals surface area contributed by atoms with Crippen LogP contribution in [-0.2, 0) is 6.42 Å². The van der Waals surface area contributed by atoms with Gasteiger partial charge in [-0.25, -0.2) is 4.79 Å². The zero-order valence-corrected chi connectivity index (χ0v) is 12.1. The molecule has 0 radical (unpaired) electrons. The molecular weight excluding hydrogens is 252 g/mol. The molecule has 20 heavy (non-hydrogen) atoms. The lowest BCUT2D eigenvalue weighted by Crippen LogP contribution is -2.44. The van der Waals surface area contributed by atoms with Crippen molar-refractivity contribution in [3.05, 3.63) is 29.8 Å². The third-order valence-corrected chi connectivity index (χ3v) is 4.04. The number of hydrogen-bond donors (Lipinski definition) is 2. The number of hydrogen-bond acceptors (Lipinski definition) is 2. The van der Waals surface area contributed by atoms with Crippen molar-refractivity contribution in [2.45, 2.75) is 44.6 Å². The number of benzene rings is 1. The lowest BCUT2D eigenvalue weighted by molar-refractivity contribution is 0.174. The summed E-state index contributed by atoms with van der Waals surface area (Å²) in [6, 6.07) is 7.56. The Balaban J connectivity index is 1.74. The van der Waals surface area contributed by atoms with E-state index in [4.69, 9.17) is 0 Å². The van der Waals surface area contributed by atoms with Crippen molar-refractivity contribution in [2.24, 2.45) is 0 Å². The van der Waals surface area contributed by atoms with Crippen LogP contribution in [0.5, 0.6) is 5.75 Å². The second-order valence-electron chi connectivity index (χ2n) is 5.55. The first-order chi connectivity index (χ1) is 9.66. The molecule has 2 rings (SSSR count). The Hall–Kier alpha value is -1.71. The molecule has 1 aliphatic rings. The maximum atomic E-state index is 12.1. The molecule has 1 fully saturated rings. The maximum Gasteiger partial charge on any atom is 0.317 e. The summed E-state index contributed by atoms with van der Waals surface area (Å²) in [6.07, 6.45) is 6.73. The average Bonchev–Trinajstić information content (AvgIpc) is 2.47. The summed E-state index contributed by atoms with van der Waals surface area (Å²) in [5.41, 5.74) is 1.03. The molecule has 0 bridgehead atoms. The summed E-state index contributed by atoms with van der Waals surface area (Å²) >= 11 is 0. The first kappa shape index (κ1) is 14.7. The van der Waals surface area contributed by atoms with Crippen molar-refractivity contribution in [2.75, 3.05) is 13.6 Å². The molecule has 0 aromatic heterocycles. The van der Waals surface area contributed by atoms with Crippen LogP contribution in [0.15, 0.2) is 24.3 Å². The quantitative estimate of drug-likeness (QED) is 0.888. The van der Waals surface area contributed by atoms with Crippen molar-refractivity contribution in [1.29, 1.82) is 0 Å². The minimum atomic E-state index is 0.0112. The number of urea groups is 1. The van der Waals surface area contributed by atoms with Crippen LogP contribution in [0, 0.1) is 0 Å². The number of carbonyl (C=O) groups is 1. The van der Waals surface area contributed by atoms with E-state index in [1.807, 2.05) is 24.1 Å². The fraction of sp³-hybridized carbons (Fsp3) is 0.562. The molecular formula is C16H24N2O2. The average molecular weight is 276 g/mol. The summed E-state index contributed by atoms with van der Waals surface area (Å²) in [6.45, 7) is 0.597. The van der Waals surface area contributed by atoms with Gasteiger partial charge in [-0.05, 0) is 37.0 Å². The highest BCUT2D eigenvalue weighted by molar-refractivity contribution is 5.74. The van der Waals surface area contributed by atoms with Gasteiger partial charge in [-0.2, -0.15) is 0 Å². The van der Waals surface area contributed by atoms with E-state index >= 15 is 0 Å². The molecule has 4 heteroatoms. The molecule has 4 nitrogen and oxygen atoms in total. The van der Waals surface area contributed by atoms with Gasteiger partial charge in [0, 0.05) is 19.6 Å². The van der Waals surface area contributed by atoms with Gasteiger partial charge in [0.15, 0.2) is 0 Å². The second kappa shape index (κ2) is 7.17. The molecule has 2 amide bonds. The van der Waals surface area contributed by atoms with E-state index in [1.54, 1.807) is 12.1 Å². The Morgan fingerprint density at radius 3 is 2.80 bits per heavy atom. The normalized spacial score (nSPS) is 15.8. The first-order valence-electron chi connectivity index (χ1n) is 7.45. The van der Waals surface area contributed by atoms with Crippen molar-refractivity contribution in [3.63, 3.8) is 0 Å². The van der Waals surface area contributed by atoms with Crippen LogP contribution in [0.4, 0.5) is 4.79 Å². The van der Waals surface area contributed by atoms with E-state index in [9.17, 15) is 9.90 Å². The van der Waals surface area contributed by atoms with Crippen LogP contribution >= 0.6 is 0 Å². The Labute approximate surface area is 120 Å². The van der Waals surface area contributed by atoms with E-state index in [2.05, 4.69) is 5.32 Å². The topological polar surface area (TPSA) is 52.6 Å². The van der Waals surface area contributed by atoms with Crippen molar-refractivity contribution >= 4 is 6.03 Å². The third kappa shape index (κ3) is 4.15. The first-order valence-corrected chi connectivity index (χ1v) is 7.45. The lowest BCUT2D eigenvalue weighted by atomic mass is 9.95. The van der Waals surface area contributed by atoms with E-state index in [1.165, 1.54) is 19.3 Å². The SMILES string of the molecule is CN(C(=O)NCCc1cccc(O)c1)C1CCCCC1.